The second kappa shape index (κ2) is 2.69. The van der Waals surface area contributed by atoms with E-state index in [0.29, 0.717) is 0 Å². The SMILES string of the molecule is CN(C)c1cccc([18F])c1. The average molecular weight is 138 g/mol. The van der Waals surface area contributed by atoms with Crippen molar-refractivity contribution >= 4 is 5.69 Å². The topological polar surface area (TPSA) is 3.24 Å². The van der Waals surface area contributed by atoms with Gasteiger partial charge in [-0.3, -0.25) is 0 Å². The average Bonchev–Trinajstić information content (AvgIpc) is 1.88. The van der Waals surface area contributed by atoms with Gasteiger partial charge < -0.3 is 4.90 Å². The molecule has 0 saturated heterocycles. The monoisotopic (exact) mass is 138 g/mol. The maximum Gasteiger partial charge on any atom is 0.125 e. The highest BCUT2D eigenvalue weighted by Gasteiger charge is 1.94. The third-order valence-corrected chi connectivity index (χ3v) is 1.32. The van der Waals surface area contributed by atoms with Crippen molar-refractivity contribution in [1.29, 1.82) is 0 Å². The van der Waals surface area contributed by atoms with E-state index >= 15 is 0 Å². The Morgan fingerprint density at radius 1 is 1.30 bits per heavy atom. The third-order valence-electron chi connectivity index (χ3n) is 1.32. The molecule has 0 aromatic heterocycles. The molecule has 0 N–H and O–H groups in total. The Balaban J connectivity index is 2.96. The molecule has 0 spiro atoms. The van der Waals surface area contributed by atoms with Crippen LogP contribution in [0.25, 0.3) is 0 Å². The lowest BCUT2D eigenvalue weighted by Crippen LogP contribution is -2.08. The molecule has 0 fully saturated rings. The van der Waals surface area contributed by atoms with E-state index in [0.717, 1.165) is 5.69 Å². The van der Waals surface area contributed by atoms with Crippen molar-refractivity contribution in [3.8, 4) is 0 Å². The van der Waals surface area contributed by atoms with E-state index in [4.69, 9.17) is 0 Å². The standard InChI is InChI=1S/C8H10FN/c1-10(2)8-5-3-4-7(9)6-8/h3-6H,1-2H3/i9-1. The molecule has 1 aromatic rings. The molecule has 2 heteroatoms. The van der Waals surface area contributed by atoms with Gasteiger partial charge in [0.25, 0.3) is 0 Å². The first-order valence-electron chi connectivity index (χ1n) is 3.13. The second-order valence-electron chi connectivity index (χ2n) is 2.37. The first-order chi connectivity index (χ1) is 4.70. The number of nitrogens with zero attached hydrogens (tertiary/aromatic N) is 1. The predicted octanol–water partition coefficient (Wildman–Crippen LogP) is 1.89. The van der Waals surface area contributed by atoms with E-state index in [1.165, 1.54) is 12.1 Å². The summed E-state index contributed by atoms with van der Waals surface area (Å²) in [5.74, 6) is -0.189. The maximum atomic E-state index is 12.5. The summed E-state index contributed by atoms with van der Waals surface area (Å²) < 4.78 is 12.5. The van der Waals surface area contributed by atoms with Crippen molar-refractivity contribution in [3.63, 3.8) is 0 Å². The molecule has 1 rings (SSSR count). The molecule has 0 bridgehead atoms. The van der Waals surface area contributed by atoms with Crippen LogP contribution in [-0.2, 0) is 0 Å². The zero-order valence-corrected chi connectivity index (χ0v) is 6.13. The normalized spacial score (nSPS) is 9.50. The summed E-state index contributed by atoms with van der Waals surface area (Å²) in [6, 6.07) is 6.50. The van der Waals surface area contributed by atoms with Crippen LogP contribution in [0.4, 0.5) is 10.1 Å². The molecular formula is C8H10FN. The van der Waals surface area contributed by atoms with E-state index in [1.807, 2.05) is 25.1 Å². The van der Waals surface area contributed by atoms with Crippen LogP contribution in [0, 0.1) is 5.82 Å². The molecule has 0 saturated carbocycles. The van der Waals surface area contributed by atoms with E-state index in [9.17, 15) is 4.39 Å². The van der Waals surface area contributed by atoms with Crippen molar-refractivity contribution in [3.05, 3.63) is 30.1 Å². The van der Waals surface area contributed by atoms with Crippen LogP contribution in [0.2, 0.25) is 0 Å². The Morgan fingerprint density at radius 3 is 2.40 bits per heavy atom. The number of halogens is 1. The predicted molar refractivity (Wildman–Crippen MR) is 40.7 cm³/mol. The quantitative estimate of drug-likeness (QED) is 0.572. The van der Waals surface area contributed by atoms with Crippen LogP contribution in [0.3, 0.4) is 0 Å². The fraction of sp³-hybridized carbons (Fsp3) is 0.250. The molecule has 0 atom stereocenters. The van der Waals surface area contributed by atoms with Gasteiger partial charge in [-0.1, -0.05) is 6.07 Å². The van der Waals surface area contributed by atoms with E-state index in [1.54, 1.807) is 6.07 Å². The summed E-state index contributed by atoms with van der Waals surface area (Å²) in [6.07, 6.45) is 0. The molecule has 1 nitrogen and oxygen atoms in total. The van der Waals surface area contributed by atoms with Crippen molar-refractivity contribution in [2.75, 3.05) is 19.0 Å². The summed E-state index contributed by atoms with van der Waals surface area (Å²) in [7, 11) is 3.77. The second-order valence-corrected chi connectivity index (χ2v) is 2.37. The molecule has 54 valence electrons. The van der Waals surface area contributed by atoms with Gasteiger partial charge in [-0.2, -0.15) is 0 Å². The van der Waals surface area contributed by atoms with Crippen LogP contribution in [0.1, 0.15) is 0 Å². The minimum atomic E-state index is -0.189. The van der Waals surface area contributed by atoms with Gasteiger partial charge in [0, 0.05) is 19.8 Å². The van der Waals surface area contributed by atoms with Crippen LogP contribution in [0.15, 0.2) is 24.3 Å². The zero-order valence-electron chi connectivity index (χ0n) is 6.13. The molecule has 0 aliphatic heterocycles. The molecule has 0 amide bonds. The van der Waals surface area contributed by atoms with Gasteiger partial charge in [0.2, 0.25) is 0 Å². The zero-order chi connectivity index (χ0) is 7.56. The summed E-state index contributed by atoms with van der Waals surface area (Å²) in [6.45, 7) is 0. The fourth-order valence-corrected chi connectivity index (χ4v) is 0.754. The molecule has 0 heterocycles. The number of hydrogen-bond donors (Lipinski definition) is 0. The summed E-state index contributed by atoms with van der Waals surface area (Å²) in [5.41, 5.74) is 0.889. The third kappa shape index (κ3) is 1.47. The van der Waals surface area contributed by atoms with Gasteiger partial charge >= 0.3 is 0 Å². The Bertz CT molecular complexity index is 220. The lowest BCUT2D eigenvalue weighted by Gasteiger charge is -2.11. The van der Waals surface area contributed by atoms with Crippen LogP contribution < -0.4 is 4.90 Å². The van der Waals surface area contributed by atoms with Gasteiger partial charge in [0.15, 0.2) is 0 Å². The van der Waals surface area contributed by atoms with Crippen molar-refractivity contribution in [1.82, 2.24) is 0 Å². The summed E-state index contributed by atoms with van der Waals surface area (Å²) in [5, 5.41) is 0. The van der Waals surface area contributed by atoms with E-state index in [2.05, 4.69) is 0 Å². The van der Waals surface area contributed by atoms with Crippen molar-refractivity contribution in [2.45, 2.75) is 0 Å². The van der Waals surface area contributed by atoms with E-state index < -0.39 is 0 Å². The minimum absolute atomic E-state index is 0.189. The highest BCUT2D eigenvalue weighted by Crippen LogP contribution is 2.11. The van der Waals surface area contributed by atoms with E-state index in [-0.39, 0.29) is 5.82 Å². The van der Waals surface area contributed by atoms with Crippen LogP contribution >= 0.6 is 0 Å². The molecule has 0 aliphatic carbocycles. The molecule has 1 aromatic carbocycles. The number of anilines is 1. The highest BCUT2D eigenvalue weighted by atomic mass is 18.2. The molecule has 0 aliphatic rings. The Labute approximate surface area is 60.1 Å². The van der Waals surface area contributed by atoms with Gasteiger partial charge in [-0.25, -0.2) is 4.39 Å². The van der Waals surface area contributed by atoms with Gasteiger partial charge in [0.1, 0.15) is 5.82 Å². The van der Waals surface area contributed by atoms with Gasteiger partial charge in [-0.15, -0.1) is 0 Å². The van der Waals surface area contributed by atoms with Gasteiger partial charge in [-0.05, 0) is 18.2 Å². The minimum Gasteiger partial charge on any atom is -0.378 e. The number of benzene rings is 1. The lowest BCUT2D eigenvalue weighted by atomic mass is 10.3. The Hall–Kier alpha value is -1.05. The summed E-state index contributed by atoms with van der Waals surface area (Å²) in [4.78, 5) is 1.86. The highest BCUT2D eigenvalue weighted by molar-refractivity contribution is 5.44. The maximum absolute atomic E-state index is 12.5. The number of rotatable bonds is 1. The summed E-state index contributed by atoms with van der Waals surface area (Å²) >= 11 is 0. The van der Waals surface area contributed by atoms with Crippen molar-refractivity contribution < 1.29 is 4.39 Å². The van der Waals surface area contributed by atoms with Crippen LogP contribution in [0.5, 0.6) is 0 Å². The lowest BCUT2D eigenvalue weighted by molar-refractivity contribution is 0.627. The van der Waals surface area contributed by atoms with Crippen molar-refractivity contribution in [2.24, 2.45) is 0 Å². The largest absolute Gasteiger partial charge is 0.378 e. The van der Waals surface area contributed by atoms with Crippen LogP contribution in [-0.4, -0.2) is 14.1 Å². The first-order valence-corrected chi connectivity index (χ1v) is 3.13. The molecule has 10 heavy (non-hydrogen) atoms. The fourth-order valence-electron chi connectivity index (χ4n) is 0.754. The molecular weight excluding hydrogens is 128 g/mol. The first kappa shape index (κ1) is 7.06. The van der Waals surface area contributed by atoms with Gasteiger partial charge in [0.05, 0.1) is 0 Å². The molecule has 0 unspecified atom stereocenters. The smallest absolute Gasteiger partial charge is 0.125 e. The Kier molecular flexibility index (Phi) is 1.90. The molecule has 0 radical (unpaired) electrons. The number of hydrogen-bond acceptors (Lipinski definition) is 1. The Morgan fingerprint density at radius 2 is 2.00 bits per heavy atom.